The Morgan fingerprint density at radius 2 is 2.25 bits per heavy atom. The van der Waals surface area contributed by atoms with Gasteiger partial charge >= 0.3 is 5.97 Å². The zero-order chi connectivity index (χ0) is 9.35. The van der Waals surface area contributed by atoms with Crippen LogP contribution in [0.3, 0.4) is 0 Å². The highest BCUT2D eigenvalue weighted by atomic mass is 16.5. The van der Waals surface area contributed by atoms with E-state index in [0.717, 1.165) is 0 Å². The highest BCUT2D eigenvalue weighted by molar-refractivity contribution is 6.14. The van der Waals surface area contributed by atoms with E-state index in [1.165, 1.54) is 13.3 Å². The van der Waals surface area contributed by atoms with E-state index in [0.29, 0.717) is 0 Å². The second-order valence-electron chi connectivity index (χ2n) is 2.92. The van der Waals surface area contributed by atoms with E-state index >= 15 is 0 Å². The van der Waals surface area contributed by atoms with Gasteiger partial charge in [0.2, 0.25) is 0 Å². The van der Waals surface area contributed by atoms with Gasteiger partial charge in [0.1, 0.15) is 11.8 Å². The lowest BCUT2D eigenvalue weighted by Gasteiger charge is -2.12. The normalized spacial score (nSPS) is 19.9. The number of quaternary nitrogens is 1. The first-order valence-electron chi connectivity index (χ1n) is 3.39. The predicted octanol–water partition coefficient (Wildman–Crippen LogP) is -1.19. The van der Waals surface area contributed by atoms with E-state index in [9.17, 15) is 9.90 Å². The van der Waals surface area contributed by atoms with Crippen molar-refractivity contribution in [3.63, 3.8) is 0 Å². The predicted molar refractivity (Wildman–Crippen MR) is 39.6 cm³/mol. The summed E-state index contributed by atoms with van der Waals surface area (Å²) in [6.07, 6.45) is 1.45. The zero-order valence-electron chi connectivity index (χ0n) is 7.20. The molecule has 0 aromatic carbocycles. The minimum Gasteiger partial charge on any atom is -0.854 e. The number of rotatable bonds is 1. The van der Waals surface area contributed by atoms with Gasteiger partial charge in [-0.1, -0.05) is 5.10 Å². The maximum absolute atomic E-state index is 11.0. The van der Waals surface area contributed by atoms with Crippen LogP contribution in [0.2, 0.25) is 0 Å². The van der Waals surface area contributed by atoms with Crippen LogP contribution >= 0.6 is 0 Å². The summed E-state index contributed by atoms with van der Waals surface area (Å²) in [5.41, 5.74) is 0.00231. The summed E-state index contributed by atoms with van der Waals surface area (Å²) in [5, 5.41) is 14.7. The molecule has 66 valence electrons. The van der Waals surface area contributed by atoms with Gasteiger partial charge < -0.3 is 9.84 Å². The molecule has 0 unspecified atom stereocenters. The minimum absolute atomic E-state index is 0.00231. The van der Waals surface area contributed by atoms with Gasteiger partial charge in [-0.25, -0.2) is 4.79 Å². The van der Waals surface area contributed by atoms with E-state index < -0.39 is 11.9 Å². The number of esters is 1. The minimum atomic E-state index is -0.632. The average molecular weight is 170 g/mol. The summed E-state index contributed by atoms with van der Waals surface area (Å²) in [7, 11) is 4.61. The second-order valence-corrected chi connectivity index (χ2v) is 2.92. The first kappa shape index (κ1) is 8.73. The molecule has 0 fully saturated rings. The Labute approximate surface area is 70.1 Å². The van der Waals surface area contributed by atoms with Gasteiger partial charge in [-0.05, 0) is 0 Å². The molecule has 1 rings (SSSR count). The summed E-state index contributed by atoms with van der Waals surface area (Å²) >= 11 is 0. The first-order chi connectivity index (χ1) is 5.46. The quantitative estimate of drug-likeness (QED) is 0.367. The molecule has 12 heavy (non-hydrogen) atoms. The van der Waals surface area contributed by atoms with Crippen LogP contribution in [-0.4, -0.2) is 37.7 Å². The molecular weight excluding hydrogens is 160 g/mol. The molecule has 0 aliphatic carbocycles. The van der Waals surface area contributed by atoms with Gasteiger partial charge in [0.05, 0.1) is 27.1 Å². The third-order valence-corrected chi connectivity index (χ3v) is 1.43. The summed E-state index contributed by atoms with van der Waals surface area (Å²) in [4.78, 5) is 10.9. The van der Waals surface area contributed by atoms with Gasteiger partial charge in [-0.15, -0.1) is 0 Å². The molecular formula is C7H10N2O3. The van der Waals surface area contributed by atoms with Gasteiger partial charge in [-0.2, -0.15) is 4.59 Å². The van der Waals surface area contributed by atoms with Gasteiger partial charge in [0, 0.05) is 0 Å². The van der Waals surface area contributed by atoms with Gasteiger partial charge in [-0.3, -0.25) is 0 Å². The van der Waals surface area contributed by atoms with Gasteiger partial charge in [0.15, 0.2) is 0 Å². The fourth-order valence-electron chi connectivity index (χ4n) is 0.938. The van der Waals surface area contributed by atoms with Crippen molar-refractivity contribution >= 4 is 11.9 Å². The molecule has 5 heteroatoms. The summed E-state index contributed by atoms with van der Waals surface area (Å²) in [5.74, 6) is -1.15. The summed E-state index contributed by atoms with van der Waals surface area (Å²) < 4.78 is 4.44. The molecule has 0 atom stereocenters. The van der Waals surface area contributed by atoms with Crippen LogP contribution in [0.25, 0.3) is 0 Å². The van der Waals surface area contributed by atoms with Crippen molar-refractivity contribution in [1.82, 2.24) is 0 Å². The van der Waals surface area contributed by atoms with Crippen molar-refractivity contribution in [2.24, 2.45) is 5.10 Å². The topological polar surface area (TPSA) is 61.7 Å². The average Bonchev–Trinajstić information content (AvgIpc) is 2.23. The largest absolute Gasteiger partial charge is 0.854 e. The fourth-order valence-corrected chi connectivity index (χ4v) is 0.938. The first-order valence-corrected chi connectivity index (χ1v) is 3.39. The van der Waals surface area contributed by atoms with E-state index in [2.05, 4.69) is 9.84 Å². The molecule has 0 aromatic rings. The smallest absolute Gasteiger partial charge is 0.344 e. The lowest BCUT2D eigenvalue weighted by Crippen LogP contribution is -2.26. The molecule has 0 N–H and O–H groups in total. The van der Waals surface area contributed by atoms with Crippen molar-refractivity contribution < 1.29 is 19.2 Å². The molecule has 0 spiro atoms. The summed E-state index contributed by atoms with van der Waals surface area (Å²) in [6.45, 7) is 0. The molecule has 0 saturated carbocycles. The molecule has 0 bridgehead atoms. The van der Waals surface area contributed by atoms with E-state index in [4.69, 9.17) is 0 Å². The van der Waals surface area contributed by atoms with Crippen molar-refractivity contribution in [1.29, 1.82) is 0 Å². The molecule has 1 heterocycles. The Bertz CT molecular complexity index is 278. The molecule has 0 saturated heterocycles. The molecule has 5 nitrogen and oxygen atoms in total. The Morgan fingerprint density at radius 3 is 2.58 bits per heavy atom. The maximum atomic E-state index is 11.0. The highest BCUT2D eigenvalue weighted by Gasteiger charge is 2.26. The van der Waals surface area contributed by atoms with Crippen LogP contribution in [0, 0.1) is 0 Å². The van der Waals surface area contributed by atoms with Crippen LogP contribution in [0.15, 0.2) is 16.9 Å². The third-order valence-electron chi connectivity index (χ3n) is 1.43. The molecule has 1 aliphatic heterocycles. The number of carbonyl (C=O) groups is 1. The van der Waals surface area contributed by atoms with Crippen LogP contribution in [0.4, 0.5) is 0 Å². The van der Waals surface area contributed by atoms with Crippen LogP contribution < -0.4 is 5.11 Å². The second kappa shape index (κ2) is 2.60. The maximum Gasteiger partial charge on any atom is 0.344 e. The van der Waals surface area contributed by atoms with Crippen molar-refractivity contribution in [3.05, 3.63) is 11.8 Å². The molecule has 0 aromatic heterocycles. The van der Waals surface area contributed by atoms with Crippen LogP contribution in [-0.2, 0) is 9.53 Å². The Hall–Kier alpha value is -1.36. The SMILES string of the molecule is COC(=O)C1=C[N+](C)(C)N=C1[O-]. The van der Waals surface area contributed by atoms with Crippen molar-refractivity contribution in [2.75, 3.05) is 21.2 Å². The number of ether oxygens (including phenoxy) is 1. The lowest BCUT2D eigenvalue weighted by atomic mass is 10.3. The zero-order valence-corrected chi connectivity index (χ0v) is 7.20. The monoisotopic (exact) mass is 170 g/mol. The van der Waals surface area contributed by atoms with Crippen molar-refractivity contribution in [3.8, 4) is 0 Å². The standard InChI is InChI=1S/C7H10N2O3/c1-9(2)4-5(6(10)8-9)7(11)12-3/h4H,1-3H3. The van der Waals surface area contributed by atoms with Crippen LogP contribution in [0.1, 0.15) is 0 Å². The van der Waals surface area contributed by atoms with Gasteiger partial charge in [0.25, 0.3) is 0 Å². The molecule has 0 amide bonds. The summed E-state index contributed by atoms with van der Waals surface area (Å²) in [6, 6.07) is 0. The molecule has 0 radical (unpaired) electrons. The number of nitrogens with zero attached hydrogens (tertiary/aromatic N) is 2. The number of hydrogen-bond acceptors (Lipinski definition) is 4. The fraction of sp³-hybridized carbons (Fsp3) is 0.429. The van der Waals surface area contributed by atoms with E-state index in [-0.39, 0.29) is 10.2 Å². The number of carbonyl (C=O) groups excluding carboxylic acids is 1. The van der Waals surface area contributed by atoms with E-state index in [1.54, 1.807) is 14.1 Å². The van der Waals surface area contributed by atoms with Crippen molar-refractivity contribution in [2.45, 2.75) is 0 Å². The Balaban J connectivity index is 2.96. The molecule has 1 aliphatic rings. The third kappa shape index (κ3) is 1.45. The Kier molecular flexibility index (Phi) is 1.89. The lowest BCUT2D eigenvalue weighted by molar-refractivity contribution is -0.844. The highest BCUT2D eigenvalue weighted by Crippen LogP contribution is 2.14. The Morgan fingerprint density at radius 1 is 1.67 bits per heavy atom. The van der Waals surface area contributed by atoms with Crippen LogP contribution in [0.5, 0.6) is 0 Å². The number of hydrogen-bond donors (Lipinski definition) is 0. The van der Waals surface area contributed by atoms with E-state index in [1.807, 2.05) is 0 Å². The number of methoxy groups -OCH3 is 1.